The van der Waals surface area contributed by atoms with E-state index in [0.717, 1.165) is 44.5 Å². The Labute approximate surface area is 348 Å². The maximum atomic E-state index is 6.97. The Morgan fingerprint density at radius 1 is 0.786 bits per heavy atom. The summed E-state index contributed by atoms with van der Waals surface area (Å²) in [5.41, 5.74) is 10.4. The number of nitrogens with zero attached hydrogens (tertiary/aromatic N) is 3. The molecule has 0 aliphatic carbocycles. The molecule has 8 rings (SSSR count). The average molecular weight is 925 g/mol. The second kappa shape index (κ2) is 13.2. The summed E-state index contributed by atoms with van der Waals surface area (Å²) in [5, 5.41) is 2.39. The van der Waals surface area contributed by atoms with Crippen LogP contribution >= 0.6 is 0 Å². The molecule has 6 aromatic rings. The van der Waals surface area contributed by atoms with Crippen molar-refractivity contribution in [2.45, 2.75) is 124 Å². The van der Waals surface area contributed by atoms with Crippen molar-refractivity contribution in [3.63, 3.8) is 0 Å². The number of aryl methyl sites for hydroxylation is 2. The number of ether oxygens (including phenoxy) is 2. The van der Waals surface area contributed by atoms with Gasteiger partial charge in [0.05, 0.1) is 11.1 Å². The van der Waals surface area contributed by atoms with E-state index in [1.54, 1.807) is 0 Å². The van der Waals surface area contributed by atoms with Gasteiger partial charge in [0.1, 0.15) is 17.1 Å². The van der Waals surface area contributed by atoms with E-state index < -0.39 is 11.1 Å². The van der Waals surface area contributed by atoms with E-state index in [1.807, 2.05) is 12.3 Å². The van der Waals surface area contributed by atoms with Gasteiger partial charge in [-0.3, -0.25) is 4.99 Å². The molecule has 0 radical (unpaired) electrons. The van der Waals surface area contributed by atoms with Crippen molar-refractivity contribution >= 4 is 27.8 Å². The third-order valence-corrected chi connectivity index (χ3v) is 12.7. The molecule has 0 saturated heterocycles. The zero-order valence-electron chi connectivity index (χ0n) is 35.5. The van der Waals surface area contributed by atoms with Gasteiger partial charge in [-0.1, -0.05) is 136 Å². The van der Waals surface area contributed by atoms with Gasteiger partial charge in [0, 0.05) is 28.5 Å². The molecule has 5 nitrogen and oxygen atoms in total. The number of benzene rings is 4. The van der Waals surface area contributed by atoms with Crippen LogP contribution in [-0.4, -0.2) is 21.0 Å². The molecule has 2 aromatic heterocycles. The van der Waals surface area contributed by atoms with Crippen LogP contribution in [0.25, 0.3) is 27.6 Å². The van der Waals surface area contributed by atoms with Crippen LogP contribution in [0.4, 0.5) is 0 Å². The number of fused-ring (bicyclic) bond motifs is 5. The fourth-order valence-electron chi connectivity index (χ4n) is 8.58. The molecule has 2 aliphatic heterocycles. The maximum Gasteiger partial charge on any atom is 2.00 e. The van der Waals surface area contributed by atoms with Gasteiger partial charge >= 0.3 is 21.1 Å². The molecule has 4 aromatic carbocycles. The number of pyridine rings is 1. The fourth-order valence-corrected chi connectivity index (χ4v) is 8.58. The Morgan fingerprint density at radius 2 is 1.45 bits per heavy atom. The number of rotatable bonds is 5. The SMILES string of the molecule is Cc1cnc2c(c1)c1cc(C(C)(C)C)cc3c1n2-c1[c-]c(Oc2[c-]c(C4=N[C@](C)(C(C)C)[C@@](C)(c5ccccc5)O4)cc(C(C)(C)C)c2)c(C)cc1C3(C)C.[Pt+2]. The smallest absolute Gasteiger partial charge is 0.508 e. The van der Waals surface area contributed by atoms with Crippen LogP contribution in [0.3, 0.4) is 0 Å². The first-order valence-electron chi connectivity index (χ1n) is 19.8. The first-order valence-corrected chi connectivity index (χ1v) is 19.8. The second-order valence-electron chi connectivity index (χ2n) is 19.3. The van der Waals surface area contributed by atoms with Crippen LogP contribution < -0.4 is 4.74 Å². The summed E-state index contributed by atoms with van der Waals surface area (Å²) in [4.78, 5) is 10.4. The molecule has 2 aliphatic rings. The van der Waals surface area contributed by atoms with Crippen molar-refractivity contribution in [1.29, 1.82) is 0 Å². The standard InChI is InChI=1S/C50H55N3O2.Pt/c1-29(2)49(13)50(14,33-18-16-15-17-19-33)55-45(52-49)32-22-34(46(5,6)7)24-36(23-32)54-42-27-41-39(21-31(42)4)48(11,12)40-26-35(47(8,9)10)25-37-38-20-30(3)28-51-44(38)53(41)43(37)40;/h15-22,24-26,28-29H,1-14H3;/q-2;+2/t49-,50-;/m1./s1. The Balaban J connectivity index is 0.00000480. The van der Waals surface area contributed by atoms with E-state index in [4.69, 9.17) is 19.5 Å². The normalized spacial score (nSPS) is 20.2. The first kappa shape index (κ1) is 40.0. The molecule has 4 heterocycles. The van der Waals surface area contributed by atoms with Gasteiger partial charge in [-0.05, 0) is 77.3 Å². The molecule has 0 saturated carbocycles. The average Bonchev–Trinajstić information content (AvgIpc) is 3.59. The summed E-state index contributed by atoms with van der Waals surface area (Å²) in [6.07, 6.45) is 1.97. The van der Waals surface area contributed by atoms with Crippen molar-refractivity contribution in [3.8, 4) is 17.2 Å². The molecule has 0 N–H and O–H groups in total. The minimum absolute atomic E-state index is 0. The summed E-state index contributed by atoms with van der Waals surface area (Å²) in [5.74, 6) is 2.07. The quantitative estimate of drug-likeness (QED) is 0.162. The molecule has 0 unspecified atom stereocenters. The molecule has 0 bridgehead atoms. The van der Waals surface area contributed by atoms with Gasteiger partial charge < -0.3 is 14.0 Å². The van der Waals surface area contributed by atoms with E-state index in [-0.39, 0.29) is 43.2 Å². The van der Waals surface area contributed by atoms with Crippen LogP contribution in [-0.2, 0) is 47.6 Å². The van der Waals surface area contributed by atoms with Crippen LogP contribution in [0.1, 0.15) is 128 Å². The molecule has 56 heavy (non-hydrogen) atoms. The van der Waals surface area contributed by atoms with E-state index in [9.17, 15) is 0 Å². The van der Waals surface area contributed by atoms with Crippen molar-refractivity contribution in [2.24, 2.45) is 10.9 Å². The monoisotopic (exact) mass is 924 g/mol. The predicted molar refractivity (Wildman–Crippen MR) is 226 cm³/mol. The second-order valence-corrected chi connectivity index (χ2v) is 19.3. The molecule has 0 spiro atoms. The summed E-state index contributed by atoms with van der Waals surface area (Å²) in [7, 11) is 0. The Morgan fingerprint density at radius 3 is 2.09 bits per heavy atom. The fraction of sp³-hybridized carbons (Fsp3) is 0.400. The number of hydrogen-bond donors (Lipinski definition) is 0. The van der Waals surface area contributed by atoms with Gasteiger partial charge in [-0.15, -0.1) is 28.8 Å². The van der Waals surface area contributed by atoms with Gasteiger partial charge in [0.2, 0.25) is 0 Å². The molecular formula is C50H55N3O2Pt. The molecule has 292 valence electrons. The molecule has 6 heteroatoms. The van der Waals surface area contributed by atoms with E-state index in [0.29, 0.717) is 17.4 Å². The Hall–Kier alpha value is -4.21. The van der Waals surface area contributed by atoms with E-state index in [2.05, 4.69) is 174 Å². The van der Waals surface area contributed by atoms with Gasteiger partial charge in [-0.2, -0.15) is 6.07 Å². The van der Waals surface area contributed by atoms with Crippen molar-refractivity contribution in [1.82, 2.24) is 9.55 Å². The van der Waals surface area contributed by atoms with Crippen molar-refractivity contribution in [3.05, 3.63) is 130 Å². The maximum absolute atomic E-state index is 6.97. The largest absolute Gasteiger partial charge is 2.00 e. The van der Waals surface area contributed by atoms with E-state index in [1.165, 1.54) is 27.6 Å². The summed E-state index contributed by atoms with van der Waals surface area (Å²) < 4.78 is 16.2. The number of hydrogen-bond acceptors (Lipinski definition) is 4. The summed E-state index contributed by atoms with van der Waals surface area (Å²) in [6, 6.07) is 31.5. The Kier molecular flexibility index (Phi) is 9.40. The van der Waals surface area contributed by atoms with Crippen LogP contribution in [0.15, 0.2) is 77.9 Å². The molecular weight excluding hydrogens is 870 g/mol. The zero-order chi connectivity index (χ0) is 39.6. The topological polar surface area (TPSA) is 48.6 Å². The third kappa shape index (κ3) is 6.06. The zero-order valence-corrected chi connectivity index (χ0v) is 37.8. The first-order chi connectivity index (χ1) is 25.6. The molecule has 0 fully saturated rings. The minimum Gasteiger partial charge on any atom is -0.508 e. The van der Waals surface area contributed by atoms with E-state index >= 15 is 0 Å². The Bertz CT molecular complexity index is 2570. The summed E-state index contributed by atoms with van der Waals surface area (Å²) >= 11 is 0. The minimum atomic E-state index is -0.665. The van der Waals surface area contributed by atoms with Gasteiger partial charge in [0.15, 0.2) is 0 Å². The van der Waals surface area contributed by atoms with Gasteiger partial charge in [-0.25, -0.2) is 4.98 Å². The van der Waals surface area contributed by atoms with Crippen molar-refractivity contribution < 1.29 is 30.5 Å². The molecule has 0 amide bonds. The third-order valence-electron chi connectivity index (χ3n) is 12.7. The molecule has 2 atom stereocenters. The van der Waals surface area contributed by atoms with Crippen LogP contribution in [0, 0.1) is 31.9 Å². The summed E-state index contributed by atoms with van der Waals surface area (Å²) in [6.45, 7) is 31.3. The number of aliphatic imine (C=N–C) groups is 1. The predicted octanol–water partition coefficient (Wildman–Crippen LogP) is 12.5. The van der Waals surface area contributed by atoms with Crippen LogP contribution in [0.2, 0.25) is 0 Å². The van der Waals surface area contributed by atoms with Gasteiger partial charge in [0.25, 0.3) is 0 Å². The number of aromatic nitrogens is 2. The van der Waals surface area contributed by atoms with Crippen molar-refractivity contribution in [2.75, 3.05) is 0 Å². The van der Waals surface area contributed by atoms with Crippen LogP contribution in [0.5, 0.6) is 11.5 Å².